The van der Waals surface area contributed by atoms with Gasteiger partial charge >= 0.3 is 0 Å². The van der Waals surface area contributed by atoms with Crippen molar-refractivity contribution in [1.82, 2.24) is 15.3 Å². The average molecular weight is 421 g/mol. The quantitative estimate of drug-likeness (QED) is 0.386. The van der Waals surface area contributed by atoms with Crippen molar-refractivity contribution in [3.05, 3.63) is 93.2 Å². The maximum atomic E-state index is 12.0. The van der Waals surface area contributed by atoms with Gasteiger partial charge in [0.25, 0.3) is 5.56 Å². The zero-order chi connectivity index (χ0) is 21.2. The summed E-state index contributed by atoms with van der Waals surface area (Å²) >= 11 is 1.75. The first-order valence-electron chi connectivity index (χ1n) is 10.1. The second-order valence-electron chi connectivity index (χ2n) is 7.03. The van der Waals surface area contributed by atoms with Gasteiger partial charge < -0.3 is 10.6 Å². The monoisotopic (exact) mass is 420 g/mol. The molecule has 6 heteroatoms. The van der Waals surface area contributed by atoms with E-state index in [-0.39, 0.29) is 5.56 Å². The molecular weight excluding hydrogens is 392 g/mol. The van der Waals surface area contributed by atoms with Gasteiger partial charge in [-0.3, -0.25) is 9.78 Å². The zero-order valence-electron chi connectivity index (χ0n) is 17.4. The fraction of sp³-hybridized carbons (Fsp3) is 0.250. The number of nitrogens with zero attached hydrogens (tertiary/aromatic N) is 1. The van der Waals surface area contributed by atoms with Gasteiger partial charge in [-0.05, 0) is 50.0 Å². The number of anilines is 1. The van der Waals surface area contributed by atoms with Crippen LogP contribution >= 0.6 is 11.3 Å². The maximum absolute atomic E-state index is 12.0. The molecule has 0 spiro atoms. The number of benzene rings is 2. The lowest BCUT2D eigenvalue weighted by molar-refractivity contribution is 0.848. The number of aryl methyl sites for hydroxylation is 1. The minimum atomic E-state index is -0.119. The van der Waals surface area contributed by atoms with Crippen molar-refractivity contribution >= 4 is 27.4 Å². The molecule has 2 aromatic carbocycles. The van der Waals surface area contributed by atoms with Gasteiger partial charge in [0.2, 0.25) is 5.95 Å². The lowest BCUT2D eigenvalue weighted by Crippen LogP contribution is -2.15. The SMILES string of the molecule is CNC.O=c1cc(Cc2cc3ccccc3s2)nc(NCCCc2ccccc2)[nH]1. The molecule has 2 aromatic heterocycles. The van der Waals surface area contributed by atoms with Crippen LogP contribution in [0, 0.1) is 0 Å². The highest BCUT2D eigenvalue weighted by molar-refractivity contribution is 7.19. The van der Waals surface area contributed by atoms with Crippen LogP contribution in [0.5, 0.6) is 0 Å². The maximum Gasteiger partial charge on any atom is 0.252 e. The number of fused-ring (bicyclic) bond motifs is 1. The van der Waals surface area contributed by atoms with Crippen LogP contribution in [0.1, 0.15) is 22.6 Å². The molecule has 0 amide bonds. The molecule has 156 valence electrons. The third-order valence-corrected chi connectivity index (χ3v) is 5.52. The molecule has 0 aliphatic carbocycles. The molecule has 0 aliphatic rings. The summed E-state index contributed by atoms with van der Waals surface area (Å²) in [4.78, 5) is 20.6. The van der Waals surface area contributed by atoms with Gasteiger partial charge in [0, 0.05) is 28.6 Å². The third kappa shape index (κ3) is 6.54. The zero-order valence-corrected chi connectivity index (χ0v) is 18.3. The Morgan fingerprint density at radius 2 is 1.73 bits per heavy atom. The molecule has 0 fully saturated rings. The largest absolute Gasteiger partial charge is 0.356 e. The Morgan fingerprint density at radius 1 is 1.00 bits per heavy atom. The van der Waals surface area contributed by atoms with Gasteiger partial charge in [-0.15, -0.1) is 11.3 Å². The van der Waals surface area contributed by atoms with E-state index < -0.39 is 0 Å². The van der Waals surface area contributed by atoms with Crippen LogP contribution in [-0.4, -0.2) is 30.6 Å². The molecule has 30 heavy (non-hydrogen) atoms. The molecule has 5 nitrogen and oxygen atoms in total. The van der Waals surface area contributed by atoms with E-state index in [2.05, 4.69) is 63.1 Å². The molecule has 0 radical (unpaired) electrons. The van der Waals surface area contributed by atoms with E-state index in [4.69, 9.17) is 0 Å². The number of aromatic nitrogens is 2. The Morgan fingerprint density at radius 3 is 2.50 bits per heavy atom. The minimum absolute atomic E-state index is 0.119. The molecule has 0 unspecified atom stereocenters. The number of hydrogen-bond donors (Lipinski definition) is 3. The van der Waals surface area contributed by atoms with Gasteiger partial charge in [0.1, 0.15) is 0 Å². The summed E-state index contributed by atoms with van der Waals surface area (Å²) in [5.41, 5.74) is 1.99. The van der Waals surface area contributed by atoms with Crippen LogP contribution in [-0.2, 0) is 12.8 Å². The van der Waals surface area contributed by atoms with Crippen molar-refractivity contribution in [3.63, 3.8) is 0 Å². The number of thiophene rings is 1. The van der Waals surface area contributed by atoms with Crippen molar-refractivity contribution in [3.8, 4) is 0 Å². The van der Waals surface area contributed by atoms with Gasteiger partial charge in [-0.25, -0.2) is 4.98 Å². The predicted molar refractivity (Wildman–Crippen MR) is 128 cm³/mol. The van der Waals surface area contributed by atoms with Crippen molar-refractivity contribution in [2.45, 2.75) is 19.3 Å². The first-order valence-corrected chi connectivity index (χ1v) is 10.9. The summed E-state index contributed by atoms with van der Waals surface area (Å²) in [6.07, 6.45) is 2.65. The van der Waals surface area contributed by atoms with E-state index in [9.17, 15) is 4.79 Å². The summed E-state index contributed by atoms with van der Waals surface area (Å²) in [6.45, 7) is 0.768. The smallest absolute Gasteiger partial charge is 0.252 e. The molecule has 0 bridgehead atoms. The van der Waals surface area contributed by atoms with E-state index in [0.29, 0.717) is 12.4 Å². The molecule has 0 aliphatic heterocycles. The topological polar surface area (TPSA) is 69.8 Å². The summed E-state index contributed by atoms with van der Waals surface area (Å²) < 4.78 is 1.26. The second-order valence-corrected chi connectivity index (χ2v) is 8.20. The van der Waals surface area contributed by atoms with Crippen LogP contribution in [0.3, 0.4) is 0 Å². The number of H-pyrrole nitrogens is 1. The standard InChI is InChI=1S/C22H21N3OS.C2H7N/c26-21-15-18(14-19-13-17-10-4-5-11-20(17)27-19)24-22(25-21)23-12-6-9-16-7-2-1-3-8-16;1-3-2/h1-5,7-8,10-11,13,15H,6,9,12,14H2,(H2,23,24,25,26);3H,1-2H3. The van der Waals surface area contributed by atoms with Crippen molar-refractivity contribution in [2.24, 2.45) is 0 Å². The van der Waals surface area contributed by atoms with Crippen molar-refractivity contribution in [1.29, 1.82) is 0 Å². The highest BCUT2D eigenvalue weighted by Gasteiger charge is 2.06. The number of hydrogen-bond acceptors (Lipinski definition) is 5. The second kappa shape index (κ2) is 11.3. The van der Waals surface area contributed by atoms with Crippen molar-refractivity contribution < 1.29 is 0 Å². The van der Waals surface area contributed by atoms with Crippen LogP contribution in [0.25, 0.3) is 10.1 Å². The molecule has 0 atom stereocenters. The Balaban J connectivity index is 0.000000806. The van der Waals surface area contributed by atoms with E-state index in [1.54, 1.807) is 17.4 Å². The Bertz CT molecular complexity index is 1070. The molecule has 4 aromatic rings. The Kier molecular flexibility index (Phi) is 8.18. The van der Waals surface area contributed by atoms with E-state index in [1.807, 2.05) is 32.3 Å². The Hall–Kier alpha value is -2.96. The molecular formula is C24H28N4OS. The molecule has 3 N–H and O–H groups in total. The minimum Gasteiger partial charge on any atom is -0.356 e. The van der Waals surface area contributed by atoms with Crippen LogP contribution < -0.4 is 16.2 Å². The number of nitrogens with one attached hydrogen (secondary N) is 3. The van der Waals surface area contributed by atoms with Gasteiger partial charge in [0.05, 0.1) is 5.69 Å². The normalized spacial score (nSPS) is 10.5. The number of rotatable bonds is 7. The summed E-state index contributed by atoms with van der Waals surface area (Å²) in [5.74, 6) is 0.548. The van der Waals surface area contributed by atoms with Crippen molar-refractivity contribution in [2.75, 3.05) is 26.0 Å². The predicted octanol–water partition coefficient (Wildman–Crippen LogP) is 4.46. The van der Waals surface area contributed by atoms with Gasteiger partial charge in [0.15, 0.2) is 0 Å². The van der Waals surface area contributed by atoms with E-state index in [1.165, 1.54) is 20.5 Å². The lowest BCUT2D eigenvalue weighted by Gasteiger charge is -2.07. The Labute approximate surface area is 181 Å². The van der Waals surface area contributed by atoms with Crippen LogP contribution in [0.4, 0.5) is 5.95 Å². The molecule has 4 rings (SSSR count). The molecule has 0 saturated heterocycles. The van der Waals surface area contributed by atoms with E-state index >= 15 is 0 Å². The van der Waals surface area contributed by atoms with Crippen LogP contribution in [0.15, 0.2) is 71.5 Å². The molecule has 2 heterocycles. The summed E-state index contributed by atoms with van der Waals surface area (Å²) in [5, 5.41) is 7.23. The van der Waals surface area contributed by atoms with Gasteiger partial charge in [-0.2, -0.15) is 0 Å². The third-order valence-electron chi connectivity index (χ3n) is 4.40. The molecule has 0 saturated carbocycles. The summed E-state index contributed by atoms with van der Waals surface area (Å²) in [6, 6.07) is 22.5. The fourth-order valence-electron chi connectivity index (χ4n) is 3.13. The lowest BCUT2D eigenvalue weighted by atomic mass is 10.1. The highest BCUT2D eigenvalue weighted by atomic mass is 32.1. The first kappa shape index (κ1) is 21.7. The number of aromatic amines is 1. The first-order chi connectivity index (χ1) is 14.7. The van der Waals surface area contributed by atoms with E-state index in [0.717, 1.165) is 25.1 Å². The van der Waals surface area contributed by atoms with Gasteiger partial charge in [-0.1, -0.05) is 48.5 Å². The summed E-state index contributed by atoms with van der Waals surface area (Å²) in [7, 11) is 3.75. The average Bonchev–Trinajstić information content (AvgIpc) is 3.14. The fourth-order valence-corrected chi connectivity index (χ4v) is 4.21. The highest BCUT2D eigenvalue weighted by Crippen LogP contribution is 2.26. The van der Waals surface area contributed by atoms with Crippen LogP contribution in [0.2, 0.25) is 0 Å².